The van der Waals surface area contributed by atoms with Gasteiger partial charge in [-0.2, -0.15) is 0 Å². The number of hydrogen-bond acceptors (Lipinski definition) is 8. The number of nitrogens with zero attached hydrogens (tertiary/aromatic N) is 7. The summed E-state index contributed by atoms with van der Waals surface area (Å²) in [6, 6.07) is 12.0. The van der Waals surface area contributed by atoms with Crippen LogP contribution in [0.25, 0.3) is 26.6 Å². The lowest BCUT2D eigenvalue weighted by Crippen LogP contribution is -2.49. The van der Waals surface area contributed by atoms with Crippen molar-refractivity contribution in [1.29, 1.82) is 0 Å². The van der Waals surface area contributed by atoms with Gasteiger partial charge in [-0.1, -0.05) is 12.1 Å². The lowest BCUT2D eigenvalue weighted by Gasteiger charge is -2.35. The minimum Gasteiger partial charge on any atom is -0.352 e. The van der Waals surface area contributed by atoms with E-state index in [2.05, 4.69) is 25.0 Å². The number of fused-ring (bicyclic) bond motifs is 1. The molecule has 1 aromatic carbocycles. The first-order chi connectivity index (χ1) is 16.7. The molecule has 0 bridgehead atoms. The number of anilines is 1. The Kier molecular flexibility index (Phi) is 5.27. The van der Waals surface area contributed by atoms with Gasteiger partial charge in [-0.15, -0.1) is 27.8 Å². The molecule has 0 aliphatic carbocycles. The minimum absolute atomic E-state index is 0.100. The topological polar surface area (TPSA) is 80.0 Å². The van der Waals surface area contributed by atoms with Gasteiger partial charge in [-0.3, -0.25) is 4.79 Å². The number of aromatic nitrogens is 5. The number of carbonyl (C=O) groups is 1. The quantitative estimate of drug-likeness (QED) is 0.377. The third kappa shape index (κ3) is 3.72. The molecule has 11 heteroatoms. The SMILES string of the molecule is O=C(c1nc(-c2cccs2)n(-c2cccc(F)c2)n1)N1CCN(c2ncnc3sccc23)CC1. The van der Waals surface area contributed by atoms with Crippen molar-refractivity contribution in [2.75, 3.05) is 31.1 Å². The second kappa shape index (κ2) is 8.58. The average molecular weight is 492 g/mol. The van der Waals surface area contributed by atoms with E-state index in [1.165, 1.54) is 28.2 Å². The summed E-state index contributed by atoms with van der Waals surface area (Å²) in [5.41, 5.74) is 0.517. The molecule has 5 heterocycles. The van der Waals surface area contributed by atoms with Crippen LogP contribution in [0.3, 0.4) is 0 Å². The molecule has 1 aliphatic heterocycles. The van der Waals surface area contributed by atoms with Crippen LogP contribution >= 0.6 is 22.7 Å². The smallest absolute Gasteiger partial charge is 0.293 e. The molecule has 0 spiro atoms. The molecule has 34 heavy (non-hydrogen) atoms. The number of benzene rings is 1. The third-order valence-electron chi connectivity index (χ3n) is 5.70. The van der Waals surface area contributed by atoms with Crippen LogP contribution in [0.2, 0.25) is 0 Å². The molecule has 6 rings (SSSR count). The molecule has 0 radical (unpaired) electrons. The van der Waals surface area contributed by atoms with Crippen molar-refractivity contribution in [3.05, 3.63) is 71.2 Å². The molecule has 1 saturated heterocycles. The lowest BCUT2D eigenvalue weighted by atomic mass is 10.2. The van der Waals surface area contributed by atoms with E-state index < -0.39 is 0 Å². The number of halogens is 1. The molecule has 0 N–H and O–H groups in total. The van der Waals surface area contributed by atoms with Crippen molar-refractivity contribution in [1.82, 2.24) is 29.6 Å². The molecule has 1 fully saturated rings. The number of hydrogen-bond donors (Lipinski definition) is 0. The molecule has 170 valence electrons. The highest BCUT2D eigenvalue weighted by molar-refractivity contribution is 7.16. The first kappa shape index (κ1) is 20.9. The zero-order valence-corrected chi connectivity index (χ0v) is 19.5. The van der Waals surface area contributed by atoms with Crippen LogP contribution in [0, 0.1) is 5.82 Å². The fourth-order valence-electron chi connectivity index (χ4n) is 4.05. The Morgan fingerprint density at radius 2 is 1.85 bits per heavy atom. The van der Waals surface area contributed by atoms with Gasteiger partial charge < -0.3 is 9.80 Å². The standard InChI is InChI=1S/C23H18FN7OS2/c24-15-3-1-4-16(13-15)31-21(18-5-2-11-33-18)27-19(28-31)23(32)30-9-7-29(8-10-30)20-17-6-12-34-22(17)26-14-25-20/h1-6,11-14H,7-10H2. The van der Waals surface area contributed by atoms with Gasteiger partial charge in [0.2, 0.25) is 5.82 Å². The Bertz CT molecular complexity index is 1470. The summed E-state index contributed by atoms with van der Waals surface area (Å²) in [5.74, 6) is 0.896. The van der Waals surface area contributed by atoms with E-state index in [1.54, 1.807) is 34.7 Å². The van der Waals surface area contributed by atoms with E-state index in [1.807, 2.05) is 29.0 Å². The van der Waals surface area contributed by atoms with Crippen LogP contribution < -0.4 is 4.90 Å². The number of rotatable bonds is 4. The summed E-state index contributed by atoms with van der Waals surface area (Å²) < 4.78 is 15.4. The zero-order valence-electron chi connectivity index (χ0n) is 17.8. The minimum atomic E-state index is -0.376. The van der Waals surface area contributed by atoms with Gasteiger partial charge in [-0.25, -0.2) is 24.0 Å². The van der Waals surface area contributed by atoms with Crippen LogP contribution in [0.1, 0.15) is 10.6 Å². The summed E-state index contributed by atoms with van der Waals surface area (Å²) in [7, 11) is 0. The van der Waals surface area contributed by atoms with Crippen molar-refractivity contribution in [3.63, 3.8) is 0 Å². The molecule has 0 saturated carbocycles. The Labute approximate surface area is 201 Å². The Morgan fingerprint density at radius 3 is 2.65 bits per heavy atom. The van der Waals surface area contributed by atoms with E-state index in [4.69, 9.17) is 0 Å². The number of thiophene rings is 2. The molecule has 5 aromatic rings. The van der Waals surface area contributed by atoms with Crippen LogP contribution in [0.4, 0.5) is 10.2 Å². The maximum atomic E-state index is 13.9. The predicted molar refractivity (Wildman–Crippen MR) is 130 cm³/mol. The van der Waals surface area contributed by atoms with E-state index in [0.717, 1.165) is 20.9 Å². The molecule has 4 aromatic heterocycles. The van der Waals surface area contributed by atoms with Crippen LogP contribution in [0.15, 0.2) is 59.6 Å². The fourth-order valence-corrected chi connectivity index (χ4v) is 5.47. The number of amides is 1. The molecular weight excluding hydrogens is 473 g/mol. The molecule has 0 unspecified atom stereocenters. The summed E-state index contributed by atoms with van der Waals surface area (Å²) >= 11 is 3.08. The van der Waals surface area contributed by atoms with Gasteiger partial charge in [0.15, 0.2) is 5.82 Å². The van der Waals surface area contributed by atoms with Crippen molar-refractivity contribution in [3.8, 4) is 16.4 Å². The second-order valence-corrected chi connectivity index (χ2v) is 9.59. The van der Waals surface area contributed by atoms with Crippen LogP contribution in [-0.2, 0) is 0 Å². The van der Waals surface area contributed by atoms with Gasteiger partial charge in [-0.05, 0) is 41.1 Å². The first-order valence-electron chi connectivity index (χ1n) is 10.7. The molecule has 1 aliphatic rings. The van der Waals surface area contributed by atoms with Gasteiger partial charge in [0, 0.05) is 26.2 Å². The maximum absolute atomic E-state index is 13.9. The van der Waals surface area contributed by atoms with Crippen molar-refractivity contribution in [2.24, 2.45) is 0 Å². The largest absolute Gasteiger partial charge is 0.352 e. The first-order valence-corrected chi connectivity index (χ1v) is 12.4. The Hall–Kier alpha value is -3.70. The maximum Gasteiger partial charge on any atom is 0.293 e. The van der Waals surface area contributed by atoms with Crippen LogP contribution in [-0.4, -0.2) is 61.7 Å². The molecular formula is C23H18FN7OS2. The monoisotopic (exact) mass is 491 g/mol. The summed E-state index contributed by atoms with van der Waals surface area (Å²) in [4.78, 5) is 32.4. The highest BCUT2D eigenvalue weighted by Crippen LogP contribution is 2.28. The summed E-state index contributed by atoms with van der Waals surface area (Å²) in [5, 5.41) is 9.45. The fraction of sp³-hybridized carbons (Fsp3) is 0.174. The second-order valence-electron chi connectivity index (χ2n) is 7.74. The summed E-state index contributed by atoms with van der Waals surface area (Å²) in [6.07, 6.45) is 1.58. The highest BCUT2D eigenvalue weighted by Gasteiger charge is 2.28. The lowest BCUT2D eigenvalue weighted by molar-refractivity contribution is 0.0734. The molecule has 0 atom stereocenters. The normalized spacial score (nSPS) is 14.1. The predicted octanol–water partition coefficient (Wildman–Crippen LogP) is 4.10. The van der Waals surface area contributed by atoms with Gasteiger partial charge in [0.05, 0.1) is 16.0 Å². The molecule has 1 amide bonds. The third-order valence-corrected chi connectivity index (χ3v) is 7.39. The van der Waals surface area contributed by atoms with Crippen molar-refractivity contribution in [2.45, 2.75) is 0 Å². The number of piperazine rings is 1. The van der Waals surface area contributed by atoms with E-state index in [9.17, 15) is 9.18 Å². The van der Waals surface area contributed by atoms with Crippen molar-refractivity contribution < 1.29 is 9.18 Å². The van der Waals surface area contributed by atoms with Gasteiger partial charge >= 0.3 is 0 Å². The Morgan fingerprint density at radius 1 is 0.971 bits per heavy atom. The highest BCUT2D eigenvalue weighted by atomic mass is 32.1. The van der Waals surface area contributed by atoms with E-state index >= 15 is 0 Å². The Balaban J connectivity index is 1.26. The van der Waals surface area contributed by atoms with E-state index in [-0.39, 0.29) is 17.5 Å². The zero-order chi connectivity index (χ0) is 23.1. The van der Waals surface area contributed by atoms with Crippen molar-refractivity contribution >= 4 is 44.6 Å². The van der Waals surface area contributed by atoms with Gasteiger partial charge in [0.25, 0.3) is 5.91 Å². The average Bonchev–Trinajstić information content (AvgIpc) is 3.64. The van der Waals surface area contributed by atoms with Gasteiger partial charge in [0.1, 0.15) is 22.8 Å². The van der Waals surface area contributed by atoms with Crippen LogP contribution in [0.5, 0.6) is 0 Å². The number of carbonyl (C=O) groups excluding carboxylic acids is 1. The molecule has 8 nitrogen and oxygen atoms in total. The van der Waals surface area contributed by atoms with E-state index in [0.29, 0.717) is 37.7 Å². The summed E-state index contributed by atoms with van der Waals surface area (Å²) in [6.45, 7) is 2.35.